The van der Waals surface area contributed by atoms with E-state index in [0.717, 1.165) is 11.3 Å². The van der Waals surface area contributed by atoms with Crippen LogP contribution in [0.25, 0.3) is 43.4 Å². The van der Waals surface area contributed by atoms with E-state index in [4.69, 9.17) is 39.6 Å². The fourth-order valence-electron chi connectivity index (χ4n) is 11.0. The van der Waals surface area contributed by atoms with Crippen LogP contribution in [0.15, 0.2) is 64.0 Å². The number of carbonyl (C=O) groups is 8. The maximum atomic E-state index is 14.4. The van der Waals surface area contributed by atoms with Crippen molar-refractivity contribution in [3.8, 4) is 43.4 Å². The summed E-state index contributed by atoms with van der Waals surface area (Å²) in [6, 6.07) is 10.2. The van der Waals surface area contributed by atoms with Crippen molar-refractivity contribution in [2.24, 2.45) is 23.7 Å². The van der Waals surface area contributed by atoms with Gasteiger partial charge < -0.3 is 46.6 Å². The first-order valence-electron chi connectivity index (χ1n) is 29.1. The molecule has 0 radical (unpaired) electrons. The van der Waals surface area contributed by atoms with Crippen molar-refractivity contribution in [2.45, 2.75) is 109 Å². The maximum Gasteiger partial charge on any atom is 0.303 e. The molecule has 1 fully saturated rings. The molecule has 8 heterocycles. The zero-order valence-electron chi connectivity index (χ0n) is 49.8. The van der Waals surface area contributed by atoms with E-state index in [1.165, 1.54) is 70.8 Å². The minimum atomic E-state index is -1.29. The average molecular weight is 1350 g/mol. The van der Waals surface area contributed by atoms with Crippen molar-refractivity contribution in [1.82, 2.24) is 56.2 Å². The standard InChI is InChI=1S/C61H64N12O12S6/c1-28(2)35-20-41(74)48-29(3)90-60(72-48)37(21-44(75)62-4)65-54(83)39-25-86-56(67-39)34-13-14-36(58-70-43(27-89-58)69-53(82)33-18-30(11-15-46(77)78)17-31(19-33)12-16-47(79)80)64-49(34)38-24-87-59(66-38)40-26-88-61(68-40)51(52(81)32-9-7-6-8-10-32)71-45(76)22-63-55(84)50-42(23-85-5)91-57(35)73-50/h6-10,13-14,24-28,30-31,33,35,37,51-52,81H,11-12,15-23H2,1-5H3,(H,62,75)(H,63,84)(H,65,83)(H,69,82)(H,71,76)(H,77,78)(H,79,80)/t30-,31+,33?,35?,37-,51-,52-/m0/s1. The number of anilines is 1. The van der Waals surface area contributed by atoms with Crippen molar-refractivity contribution in [2.75, 3.05) is 26.0 Å². The highest BCUT2D eigenvalue weighted by Gasteiger charge is 2.36. The average Bonchev–Trinajstić information content (AvgIpc) is 2.23. The fraction of sp³-hybridized carbons (Fsp3) is 0.393. The first kappa shape index (κ1) is 66.0. The third-order valence-corrected chi connectivity index (χ3v) is 21.4. The van der Waals surface area contributed by atoms with Crippen LogP contribution in [0, 0.1) is 30.6 Å². The van der Waals surface area contributed by atoms with E-state index in [-0.39, 0.29) is 84.6 Å². The Hall–Kier alpha value is -7.97. The number of ketones is 1. The molecular formula is C61H64N12O12S6. The van der Waals surface area contributed by atoms with Gasteiger partial charge in [0.25, 0.3) is 11.8 Å². The summed E-state index contributed by atoms with van der Waals surface area (Å²) in [7, 11) is 2.95. The van der Waals surface area contributed by atoms with E-state index < -0.39 is 72.1 Å². The third-order valence-electron chi connectivity index (χ3n) is 15.7. The number of aromatic nitrogens is 7. The first-order valence-corrected chi connectivity index (χ1v) is 34.3. The van der Waals surface area contributed by atoms with Crippen molar-refractivity contribution in [3.05, 3.63) is 111 Å². The molecule has 10 rings (SSSR count). The van der Waals surface area contributed by atoms with Crippen LogP contribution in [-0.4, -0.2) is 118 Å². The number of fused-ring (bicyclic) bond motifs is 14. The van der Waals surface area contributed by atoms with Crippen LogP contribution in [0.5, 0.6) is 0 Å². The molecule has 7 atom stereocenters. The predicted octanol–water partition coefficient (Wildman–Crippen LogP) is 9.90. The number of carboxylic acid groups (broad SMARTS) is 2. The molecule has 2 aliphatic rings. The van der Waals surface area contributed by atoms with Gasteiger partial charge in [-0.3, -0.25) is 38.4 Å². The van der Waals surface area contributed by atoms with Crippen molar-refractivity contribution in [1.29, 1.82) is 0 Å². The summed E-state index contributed by atoms with van der Waals surface area (Å²) in [6.45, 7) is 5.12. The molecule has 7 aromatic heterocycles. The number of rotatable bonds is 16. The molecule has 24 nitrogen and oxygen atoms in total. The van der Waals surface area contributed by atoms with E-state index in [0.29, 0.717) is 106 Å². The fourth-order valence-corrected chi connectivity index (χ4v) is 16.6. The Kier molecular flexibility index (Phi) is 21.4. The lowest BCUT2D eigenvalue weighted by Gasteiger charge is -2.34. The number of nitrogens with one attached hydrogen (secondary N) is 5. The number of Topliss-reactive ketones (excluding diaryl/α,β-unsaturated/α-hetero) is 1. The lowest BCUT2D eigenvalue weighted by atomic mass is 9.72. The van der Waals surface area contributed by atoms with Crippen LogP contribution in [0.1, 0.15) is 158 Å². The normalized spacial score (nSPS) is 19.4. The molecule has 0 spiro atoms. The van der Waals surface area contributed by atoms with Crippen molar-refractivity contribution in [3.63, 3.8) is 0 Å². The number of aliphatic hydroxyl groups excluding tert-OH is 1. The van der Waals surface area contributed by atoms with Gasteiger partial charge >= 0.3 is 11.9 Å². The topological polar surface area (TPSA) is 357 Å². The van der Waals surface area contributed by atoms with Gasteiger partial charge in [0.2, 0.25) is 17.7 Å². The summed E-state index contributed by atoms with van der Waals surface area (Å²) >= 11 is 7.21. The van der Waals surface area contributed by atoms with Gasteiger partial charge in [-0.15, -0.1) is 68.0 Å². The largest absolute Gasteiger partial charge is 0.481 e. The van der Waals surface area contributed by atoms with E-state index in [1.54, 1.807) is 70.9 Å². The number of hydrogen-bond donors (Lipinski definition) is 8. The Morgan fingerprint density at radius 3 is 2.07 bits per heavy atom. The smallest absolute Gasteiger partial charge is 0.303 e. The van der Waals surface area contributed by atoms with Gasteiger partial charge in [0.1, 0.15) is 77.2 Å². The highest BCUT2D eigenvalue weighted by atomic mass is 32.1. The van der Waals surface area contributed by atoms with Crippen molar-refractivity contribution < 1.29 is 58.4 Å². The van der Waals surface area contributed by atoms with Crippen LogP contribution in [0.4, 0.5) is 5.82 Å². The molecule has 1 saturated carbocycles. The van der Waals surface area contributed by atoms with Crippen LogP contribution in [0.3, 0.4) is 0 Å². The Morgan fingerprint density at radius 1 is 0.692 bits per heavy atom. The van der Waals surface area contributed by atoms with E-state index in [9.17, 15) is 53.7 Å². The number of ether oxygens (including phenoxy) is 1. The van der Waals surface area contributed by atoms with E-state index >= 15 is 0 Å². The second-order valence-corrected chi connectivity index (χ2v) is 28.3. The van der Waals surface area contributed by atoms with Crippen LogP contribution >= 0.6 is 68.0 Å². The number of aryl methyl sites for hydroxylation is 1. The van der Waals surface area contributed by atoms with E-state index in [1.807, 2.05) is 13.8 Å². The molecule has 1 aliphatic heterocycles. The first-order chi connectivity index (χ1) is 43.7. The minimum Gasteiger partial charge on any atom is -0.481 e. The summed E-state index contributed by atoms with van der Waals surface area (Å²) in [5.74, 6) is -5.83. The zero-order valence-corrected chi connectivity index (χ0v) is 54.7. The molecular weight excluding hydrogens is 1290 g/mol. The van der Waals surface area contributed by atoms with E-state index in [2.05, 4.69) is 26.6 Å². The number of hydrogen-bond acceptors (Lipinski definition) is 23. The number of amides is 5. The summed E-state index contributed by atoms with van der Waals surface area (Å²) < 4.78 is 5.48. The summed E-state index contributed by atoms with van der Waals surface area (Å²) in [4.78, 5) is 142. The number of aliphatic carboxylic acids is 2. The summed E-state index contributed by atoms with van der Waals surface area (Å²) in [6.07, 6.45) is 0.626. The van der Waals surface area contributed by atoms with Crippen LogP contribution < -0.4 is 26.6 Å². The summed E-state index contributed by atoms with van der Waals surface area (Å²) in [5.41, 5.74) is 2.71. The lowest BCUT2D eigenvalue weighted by Crippen LogP contribution is -2.40. The van der Waals surface area contributed by atoms with Crippen LogP contribution in [-0.2, 0) is 35.3 Å². The SMILES string of the molecule is CNC(=O)C[C@@H]1NC(=O)c2csc(n2)-c2ccc(-c3nc(NC(=O)C4C[C@@H](CCC(=O)O)C[C@@H](CCC(=O)O)C4)cs3)nc2-c2csc(n2)-c2csc(n2)[C@H]([C@@H](O)c2ccccc2)NC(=O)CNC(=O)c2nc(sc2COC)C(C(C)C)CC(=O)c2nc1sc2C. The number of methoxy groups -OCH3 is 1. The third kappa shape index (κ3) is 16.0. The van der Waals surface area contributed by atoms with Crippen LogP contribution in [0.2, 0.25) is 0 Å². The lowest BCUT2D eigenvalue weighted by molar-refractivity contribution is -0.138. The molecule has 10 bridgehead atoms. The minimum absolute atomic E-state index is 0.0163. The number of carbonyl (C=O) groups excluding carboxylic acids is 6. The molecule has 2 unspecified atom stereocenters. The van der Waals surface area contributed by atoms with Gasteiger partial charge in [0.15, 0.2) is 5.78 Å². The molecule has 30 heteroatoms. The second kappa shape index (κ2) is 29.5. The zero-order chi connectivity index (χ0) is 64.6. The molecule has 8 N–H and O–H groups in total. The van der Waals surface area contributed by atoms with Gasteiger partial charge in [-0.1, -0.05) is 44.2 Å². The monoisotopic (exact) mass is 1350 g/mol. The number of benzene rings is 1. The number of nitrogens with zero attached hydrogens (tertiary/aromatic N) is 7. The Labute approximate surface area is 545 Å². The molecule has 476 valence electrons. The highest BCUT2D eigenvalue weighted by Crippen LogP contribution is 2.42. The van der Waals surface area contributed by atoms with Gasteiger partial charge in [-0.05, 0) is 74.5 Å². The molecule has 8 aromatic rings. The van der Waals surface area contributed by atoms with Crippen molar-refractivity contribution >= 4 is 121 Å². The number of carboxylic acids is 2. The highest BCUT2D eigenvalue weighted by molar-refractivity contribution is 7.15. The van der Waals surface area contributed by atoms with Gasteiger partial charge in [0, 0.05) is 77.2 Å². The Balaban J connectivity index is 1.01. The molecule has 5 amide bonds. The molecule has 91 heavy (non-hydrogen) atoms. The quantitative estimate of drug-likeness (QED) is 0.0446. The molecule has 1 aromatic carbocycles. The van der Waals surface area contributed by atoms with Gasteiger partial charge in [0.05, 0.1) is 41.2 Å². The van der Waals surface area contributed by atoms with Gasteiger partial charge in [-0.25, -0.2) is 34.9 Å². The Bertz CT molecular complexity index is 3980. The predicted molar refractivity (Wildman–Crippen MR) is 345 cm³/mol. The maximum absolute atomic E-state index is 14.4. The number of thiazole rings is 6. The number of pyridine rings is 1. The second-order valence-electron chi connectivity index (χ2n) is 22.4. The number of aliphatic hydroxyl groups is 1. The Morgan fingerprint density at radius 2 is 1.36 bits per heavy atom. The van der Waals surface area contributed by atoms with Gasteiger partial charge in [-0.2, -0.15) is 0 Å². The molecule has 0 saturated heterocycles. The summed E-state index contributed by atoms with van der Waals surface area (Å²) in [5, 5.41) is 54.0. The molecule has 1 aliphatic carbocycles.